The van der Waals surface area contributed by atoms with Crippen LogP contribution in [-0.4, -0.2) is 28.7 Å². The van der Waals surface area contributed by atoms with Crippen LogP contribution in [0.5, 0.6) is 11.5 Å². The number of fused-ring (bicyclic) bond motifs is 1. The summed E-state index contributed by atoms with van der Waals surface area (Å²) in [6, 6.07) is 15.3. The molecule has 0 radical (unpaired) electrons. The molecular formula is C23H26N2O4S2. The summed E-state index contributed by atoms with van der Waals surface area (Å²) in [6.45, 7) is 2.90. The van der Waals surface area contributed by atoms with Gasteiger partial charge in [-0.25, -0.2) is 8.42 Å². The zero-order valence-electron chi connectivity index (χ0n) is 17.8. The number of rotatable bonds is 6. The molecule has 4 rings (SSSR count). The van der Waals surface area contributed by atoms with Gasteiger partial charge in [-0.3, -0.25) is 4.72 Å². The van der Waals surface area contributed by atoms with Gasteiger partial charge in [0.15, 0.2) is 0 Å². The normalized spacial score (nSPS) is 16.3. The lowest BCUT2D eigenvalue weighted by Gasteiger charge is -2.15. The van der Waals surface area contributed by atoms with Gasteiger partial charge >= 0.3 is 0 Å². The molecule has 31 heavy (non-hydrogen) atoms. The molecule has 2 N–H and O–H groups in total. The Bertz CT molecular complexity index is 1190. The number of thiophene rings is 1. The zero-order chi connectivity index (χ0) is 22.0. The van der Waals surface area contributed by atoms with Crippen molar-refractivity contribution in [2.75, 3.05) is 18.9 Å². The van der Waals surface area contributed by atoms with E-state index in [4.69, 9.17) is 9.47 Å². The Morgan fingerprint density at radius 2 is 1.90 bits per heavy atom. The second-order valence-electron chi connectivity index (χ2n) is 7.60. The summed E-state index contributed by atoms with van der Waals surface area (Å²) in [5.41, 5.74) is 3.65. The fraction of sp³-hybridized carbons (Fsp3) is 0.304. The Morgan fingerprint density at radius 1 is 1.06 bits per heavy atom. The molecule has 8 heteroatoms. The lowest BCUT2D eigenvalue weighted by Crippen LogP contribution is -2.23. The summed E-state index contributed by atoms with van der Waals surface area (Å²) in [6.07, 6.45) is 1.89. The summed E-state index contributed by atoms with van der Waals surface area (Å²) < 4.78 is 40.0. The number of anilines is 1. The van der Waals surface area contributed by atoms with Crippen molar-refractivity contribution in [3.63, 3.8) is 0 Å². The van der Waals surface area contributed by atoms with Gasteiger partial charge in [0.25, 0.3) is 10.0 Å². The second kappa shape index (κ2) is 8.90. The predicted octanol–water partition coefficient (Wildman–Crippen LogP) is 4.66. The minimum absolute atomic E-state index is 0.248. The van der Waals surface area contributed by atoms with E-state index in [0.29, 0.717) is 17.5 Å². The molecule has 1 atom stereocenters. The first-order chi connectivity index (χ1) is 14.9. The van der Waals surface area contributed by atoms with Crippen LogP contribution in [-0.2, 0) is 23.0 Å². The molecule has 1 aliphatic heterocycles. The first-order valence-corrected chi connectivity index (χ1v) is 12.4. The Labute approximate surface area is 187 Å². The van der Waals surface area contributed by atoms with Gasteiger partial charge in [0.1, 0.15) is 15.7 Å². The maximum Gasteiger partial charge on any atom is 0.271 e. The van der Waals surface area contributed by atoms with Gasteiger partial charge in [0.2, 0.25) is 0 Å². The lowest BCUT2D eigenvalue weighted by molar-refractivity contribution is 0.415. The number of benzene rings is 2. The van der Waals surface area contributed by atoms with Crippen LogP contribution < -0.4 is 19.5 Å². The molecule has 0 aliphatic carbocycles. The van der Waals surface area contributed by atoms with Gasteiger partial charge in [-0.2, -0.15) is 0 Å². The molecule has 0 amide bonds. The fourth-order valence-corrected chi connectivity index (χ4v) is 6.03. The van der Waals surface area contributed by atoms with Crippen molar-refractivity contribution in [2.24, 2.45) is 0 Å². The Hall–Kier alpha value is -2.55. The molecule has 1 unspecified atom stereocenters. The maximum absolute atomic E-state index is 13.1. The maximum atomic E-state index is 13.1. The average molecular weight is 459 g/mol. The van der Waals surface area contributed by atoms with Crippen molar-refractivity contribution in [2.45, 2.75) is 36.6 Å². The largest absolute Gasteiger partial charge is 0.497 e. The van der Waals surface area contributed by atoms with Crippen LogP contribution in [0.1, 0.15) is 24.5 Å². The van der Waals surface area contributed by atoms with Crippen molar-refractivity contribution in [1.82, 2.24) is 5.32 Å². The second-order valence-corrected chi connectivity index (χ2v) is 10.6. The van der Waals surface area contributed by atoms with Crippen LogP contribution >= 0.6 is 11.3 Å². The van der Waals surface area contributed by atoms with Crippen LogP contribution in [0.3, 0.4) is 0 Å². The van der Waals surface area contributed by atoms with Crippen molar-refractivity contribution in [1.29, 1.82) is 0 Å². The summed E-state index contributed by atoms with van der Waals surface area (Å²) in [5.74, 6) is 1.25. The van der Waals surface area contributed by atoms with Gasteiger partial charge in [-0.1, -0.05) is 12.1 Å². The van der Waals surface area contributed by atoms with Crippen LogP contribution in [0.2, 0.25) is 0 Å². The quantitative estimate of drug-likeness (QED) is 0.562. The highest BCUT2D eigenvalue weighted by atomic mass is 32.2. The Balaban J connectivity index is 1.63. The smallest absolute Gasteiger partial charge is 0.271 e. The minimum atomic E-state index is -3.75. The molecule has 1 aliphatic rings. The molecule has 0 spiro atoms. The summed E-state index contributed by atoms with van der Waals surface area (Å²) in [5, 5.41) is 3.47. The molecule has 0 saturated heterocycles. The standard InChI is InChI=1S/C23H26N2O4S2/c1-15-7-8-16-12-20(21(29-3)13-18(16)14-24-15)25-31(26,27)23-10-9-22(30-23)17-5-4-6-19(11-17)28-2/h4-6,9-13,15,24-25H,7-8,14H2,1-3H3. The summed E-state index contributed by atoms with van der Waals surface area (Å²) in [4.78, 5) is 0.855. The van der Waals surface area contributed by atoms with E-state index in [-0.39, 0.29) is 4.21 Å². The van der Waals surface area contributed by atoms with Gasteiger partial charge in [-0.05, 0) is 72.9 Å². The SMILES string of the molecule is COc1cccc(-c2ccc(S(=O)(=O)Nc3cc4c(cc3OC)CNC(C)CC4)s2)c1. The molecule has 3 aromatic rings. The third-order valence-electron chi connectivity index (χ3n) is 5.45. The average Bonchev–Trinajstić information content (AvgIpc) is 3.21. The van der Waals surface area contributed by atoms with E-state index in [1.807, 2.05) is 42.5 Å². The zero-order valence-corrected chi connectivity index (χ0v) is 19.4. The molecule has 0 fully saturated rings. The highest BCUT2D eigenvalue weighted by molar-refractivity contribution is 7.94. The monoisotopic (exact) mass is 458 g/mol. The van der Waals surface area contributed by atoms with Crippen molar-refractivity contribution in [3.8, 4) is 21.9 Å². The Kier molecular flexibility index (Phi) is 6.22. The van der Waals surface area contributed by atoms with E-state index in [1.54, 1.807) is 20.3 Å². The van der Waals surface area contributed by atoms with E-state index in [1.165, 1.54) is 11.3 Å². The summed E-state index contributed by atoms with van der Waals surface area (Å²) in [7, 11) is -0.591. The highest BCUT2D eigenvalue weighted by Crippen LogP contribution is 2.36. The Morgan fingerprint density at radius 3 is 2.68 bits per heavy atom. The van der Waals surface area contributed by atoms with Crippen LogP contribution in [0.15, 0.2) is 52.7 Å². The topological polar surface area (TPSA) is 76.7 Å². The molecule has 0 bridgehead atoms. The number of sulfonamides is 1. The third kappa shape index (κ3) is 4.71. The first kappa shape index (κ1) is 21.7. The number of ether oxygens (including phenoxy) is 2. The van der Waals surface area contributed by atoms with Crippen LogP contribution in [0.4, 0.5) is 5.69 Å². The molecular weight excluding hydrogens is 432 g/mol. The molecule has 164 valence electrons. The van der Waals surface area contributed by atoms with Crippen LogP contribution in [0, 0.1) is 0 Å². The minimum Gasteiger partial charge on any atom is -0.497 e. The third-order valence-corrected chi connectivity index (χ3v) is 8.45. The molecule has 1 aromatic heterocycles. The van der Waals surface area contributed by atoms with Gasteiger partial charge < -0.3 is 14.8 Å². The van der Waals surface area contributed by atoms with E-state index in [0.717, 1.165) is 46.7 Å². The highest BCUT2D eigenvalue weighted by Gasteiger charge is 2.22. The van der Waals surface area contributed by atoms with Crippen molar-refractivity contribution in [3.05, 3.63) is 59.7 Å². The van der Waals surface area contributed by atoms with E-state index >= 15 is 0 Å². The lowest BCUT2D eigenvalue weighted by atomic mass is 10.0. The number of methoxy groups -OCH3 is 2. The first-order valence-electron chi connectivity index (χ1n) is 10.1. The summed E-state index contributed by atoms with van der Waals surface area (Å²) >= 11 is 1.22. The molecule has 6 nitrogen and oxygen atoms in total. The predicted molar refractivity (Wildman–Crippen MR) is 125 cm³/mol. The van der Waals surface area contributed by atoms with Gasteiger partial charge in [-0.15, -0.1) is 11.3 Å². The fourth-order valence-electron chi connectivity index (χ4n) is 3.66. The number of aryl methyl sites for hydroxylation is 1. The van der Waals surface area contributed by atoms with E-state index < -0.39 is 10.0 Å². The molecule has 0 saturated carbocycles. The molecule has 2 heterocycles. The van der Waals surface area contributed by atoms with E-state index in [9.17, 15) is 8.42 Å². The number of hydrogen-bond acceptors (Lipinski definition) is 6. The van der Waals surface area contributed by atoms with E-state index in [2.05, 4.69) is 17.0 Å². The van der Waals surface area contributed by atoms with Crippen molar-refractivity contribution >= 4 is 27.0 Å². The number of nitrogens with one attached hydrogen (secondary N) is 2. The van der Waals surface area contributed by atoms with Crippen LogP contribution in [0.25, 0.3) is 10.4 Å². The van der Waals surface area contributed by atoms with Gasteiger partial charge in [0.05, 0.1) is 19.9 Å². The molecule has 2 aromatic carbocycles. The number of hydrogen-bond donors (Lipinski definition) is 2. The van der Waals surface area contributed by atoms with Gasteiger partial charge in [0, 0.05) is 17.5 Å². The van der Waals surface area contributed by atoms with Crippen molar-refractivity contribution < 1.29 is 17.9 Å².